The van der Waals surface area contributed by atoms with Crippen LogP contribution >= 0.6 is 0 Å². The van der Waals surface area contributed by atoms with Crippen LogP contribution in [0.4, 0.5) is 4.39 Å². The average Bonchev–Trinajstić information content (AvgIpc) is 2.80. The number of halogens is 1. The van der Waals surface area contributed by atoms with Crippen LogP contribution in [-0.4, -0.2) is 6.54 Å². The van der Waals surface area contributed by atoms with Crippen LogP contribution in [0.5, 0.6) is 0 Å². The van der Waals surface area contributed by atoms with Gasteiger partial charge in [0.25, 0.3) is 0 Å². The molecule has 1 N–H and O–H groups in total. The van der Waals surface area contributed by atoms with Crippen molar-refractivity contribution in [1.82, 2.24) is 5.32 Å². The minimum Gasteiger partial charge on any atom is -0.310 e. The van der Waals surface area contributed by atoms with E-state index in [4.69, 9.17) is 0 Å². The lowest BCUT2D eigenvalue weighted by atomic mass is 9.85. The molecule has 0 aliphatic heterocycles. The highest BCUT2D eigenvalue weighted by Crippen LogP contribution is 2.40. The molecule has 2 rings (SSSR count). The summed E-state index contributed by atoms with van der Waals surface area (Å²) in [7, 11) is 0. The lowest BCUT2D eigenvalue weighted by Crippen LogP contribution is -2.30. The van der Waals surface area contributed by atoms with E-state index in [1.165, 1.54) is 24.8 Å². The molecule has 106 valence electrons. The molecule has 1 aliphatic carbocycles. The summed E-state index contributed by atoms with van der Waals surface area (Å²) in [5.41, 5.74) is 2.01. The van der Waals surface area contributed by atoms with Crippen molar-refractivity contribution >= 4 is 0 Å². The summed E-state index contributed by atoms with van der Waals surface area (Å²) >= 11 is 0. The van der Waals surface area contributed by atoms with Gasteiger partial charge in [-0.2, -0.15) is 0 Å². The first-order valence-electron chi connectivity index (χ1n) is 7.63. The predicted molar refractivity (Wildman–Crippen MR) is 78.7 cm³/mol. The number of benzene rings is 1. The first-order valence-corrected chi connectivity index (χ1v) is 7.63. The van der Waals surface area contributed by atoms with E-state index >= 15 is 0 Å². The average molecular weight is 263 g/mol. The van der Waals surface area contributed by atoms with Crippen LogP contribution in [-0.2, 0) is 0 Å². The summed E-state index contributed by atoms with van der Waals surface area (Å²) < 4.78 is 13.4. The third kappa shape index (κ3) is 3.36. The minimum atomic E-state index is -0.0996. The SMILES string of the molecule is CCCNC(c1ccc(F)c(C)c1)C1CCCC1C. The molecule has 0 aromatic heterocycles. The zero-order valence-electron chi connectivity index (χ0n) is 12.4. The number of hydrogen-bond donors (Lipinski definition) is 1. The quantitative estimate of drug-likeness (QED) is 0.818. The molecule has 2 heteroatoms. The maximum absolute atomic E-state index is 13.4. The molecule has 0 bridgehead atoms. The van der Waals surface area contributed by atoms with E-state index in [1.54, 1.807) is 6.07 Å². The highest BCUT2D eigenvalue weighted by molar-refractivity contribution is 5.27. The van der Waals surface area contributed by atoms with Gasteiger partial charge in [0.1, 0.15) is 5.82 Å². The number of hydrogen-bond acceptors (Lipinski definition) is 1. The second kappa shape index (κ2) is 6.51. The van der Waals surface area contributed by atoms with Gasteiger partial charge in [0.05, 0.1) is 0 Å². The molecule has 3 atom stereocenters. The molecular weight excluding hydrogens is 237 g/mol. The van der Waals surface area contributed by atoms with E-state index in [-0.39, 0.29) is 5.82 Å². The molecule has 0 saturated heterocycles. The Morgan fingerprint density at radius 2 is 2.16 bits per heavy atom. The van der Waals surface area contributed by atoms with Crippen molar-refractivity contribution in [2.75, 3.05) is 6.54 Å². The first kappa shape index (κ1) is 14.5. The van der Waals surface area contributed by atoms with Crippen LogP contribution in [0.3, 0.4) is 0 Å². The fourth-order valence-electron chi connectivity index (χ4n) is 3.35. The van der Waals surface area contributed by atoms with Crippen molar-refractivity contribution in [2.45, 2.75) is 52.5 Å². The molecule has 0 amide bonds. The predicted octanol–water partition coefficient (Wildman–Crippen LogP) is 4.61. The lowest BCUT2D eigenvalue weighted by molar-refractivity contribution is 0.302. The van der Waals surface area contributed by atoms with Crippen LogP contribution in [0.15, 0.2) is 18.2 Å². The van der Waals surface area contributed by atoms with Gasteiger partial charge < -0.3 is 5.32 Å². The van der Waals surface area contributed by atoms with Gasteiger partial charge >= 0.3 is 0 Å². The zero-order chi connectivity index (χ0) is 13.8. The molecule has 0 heterocycles. The third-order valence-electron chi connectivity index (χ3n) is 4.51. The van der Waals surface area contributed by atoms with Gasteiger partial charge in [0.15, 0.2) is 0 Å². The number of nitrogens with one attached hydrogen (secondary N) is 1. The maximum atomic E-state index is 13.4. The molecule has 19 heavy (non-hydrogen) atoms. The summed E-state index contributed by atoms with van der Waals surface area (Å²) in [5, 5.41) is 3.68. The Hall–Kier alpha value is -0.890. The van der Waals surface area contributed by atoms with Gasteiger partial charge in [-0.05, 0) is 55.3 Å². The van der Waals surface area contributed by atoms with E-state index in [0.29, 0.717) is 12.0 Å². The highest BCUT2D eigenvalue weighted by Gasteiger charge is 2.31. The number of aryl methyl sites for hydroxylation is 1. The Morgan fingerprint density at radius 1 is 1.37 bits per heavy atom. The van der Waals surface area contributed by atoms with Crippen LogP contribution < -0.4 is 5.32 Å². The molecule has 1 fully saturated rings. The van der Waals surface area contributed by atoms with E-state index in [0.717, 1.165) is 24.4 Å². The van der Waals surface area contributed by atoms with Gasteiger partial charge in [-0.3, -0.25) is 0 Å². The molecule has 0 radical (unpaired) electrons. The Balaban J connectivity index is 2.22. The highest BCUT2D eigenvalue weighted by atomic mass is 19.1. The molecule has 1 nitrogen and oxygen atoms in total. The summed E-state index contributed by atoms with van der Waals surface area (Å²) in [4.78, 5) is 0. The standard InChI is InChI=1S/C17H26FN/c1-4-10-19-17(15-7-5-6-12(15)2)14-8-9-16(18)13(3)11-14/h8-9,11-12,15,17,19H,4-7,10H2,1-3H3. The largest absolute Gasteiger partial charge is 0.310 e. The second-order valence-corrected chi connectivity index (χ2v) is 6.01. The van der Waals surface area contributed by atoms with Crippen LogP contribution in [0.2, 0.25) is 0 Å². The first-order chi connectivity index (χ1) is 9.13. The molecule has 1 aliphatic rings. The van der Waals surface area contributed by atoms with Crippen LogP contribution in [0.1, 0.15) is 56.7 Å². The van der Waals surface area contributed by atoms with E-state index in [1.807, 2.05) is 19.1 Å². The summed E-state index contributed by atoms with van der Waals surface area (Å²) in [6.07, 6.45) is 5.09. The Kier molecular flexibility index (Phi) is 4.98. The maximum Gasteiger partial charge on any atom is 0.126 e. The Bertz CT molecular complexity index is 416. The van der Waals surface area contributed by atoms with Gasteiger partial charge in [0.2, 0.25) is 0 Å². The molecule has 0 spiro atoms. The van der Waals surface area contributed by atoms with Gasteiger partial charge in [-0.15, -0.1) is 0 Å². The summed E-state index contributed by atoms with van der Waals surface area (Å²) in [5.74, 6) is 1.36. The summed E-state index contributed by atoms with van der Waals surface area (Å²) in [6, 6.07) is 5.98. The fourth-order valence-corrected chi connectivity index (χ4v) is 3.35. The van der Waals surface area contributed by atoms with Crippen molar-refractivity contribution in [3.05, 3.63) is 35.1 Å². The topological polar surface area (TPSA) is 12.0 Å². The minimum absolute atomic E-state index is 0.0996. The van der Waals surface area contributed by atoms with Gasteiger partial charge in [0, 0.05) is 6.04 Å². The zero-order valence-corrected chi connectivity index (χ0v) is 12.4. The third-order valence-corrected chi connectivity index (χ3v) is 4.51. The molecule has 1 aromatic rings. The monoisotopic (exact) mass is 263 g/mol. The summed E-state index contributed by atoms with van der Waals surface area (Å²) in [6.45, 7) is 7.44. The smallest absolute Gasteiger partial charge is 0.126 e. The number of rotatable bonds is 5. The lowest BCUT2D eigenvalue weighted by Gasteiger charge is -2.29. The second-order valence-electron chi connectivity index (χ2n) is 6.01. The normalized spacial score (nSPS) is 24.6. The van der Waals surface area contributed by atoms with Crippen molar-refractivity contribution in [2.24, 2.45) is 11.8 Å². The fraction of sp³-hybridized carbons (Fsp3) is 0.647. The molecule has 1 saturated carbocycles. The van der Waals surface area contributed by atoms with E-state index in [2.05, 4.69) is 19.2 Å². The van der Waals surface area contributed by atoms with Crippen molar-refractivity contribution in [3.8, 4) is 0 Å². The molecule has 1 aromatic carbocycles. The molecular formula is C17H26FN. The van der Waals surface area contributed by atoms with Crippen molar-refractivity contribution in [1.29, 1.82) is 0 Å². The van der Waals surface area contributed by atoms with Gasteiger partial charge in [-0.1, -0.05) is 38.8 Å². The van der Waals surface area contributed by atoms with E-state index in [9.17, 15) is 4.39 Å². The Labute approximate surface area is 116 Å². The van der Waals surface area contributed by atoms with E-state index < -0.39 is 0 Å². The van der Waals surface area contributed by atoms with Crippen molar-refractivity contribution < 1.29 is 4.39 Å². The van der Waals surface area contributed by atoms with Crippen LogP contribution in [0, 0.1) is 24.6 Å². The molecule has 3 unspecified atom stereocenters. The Morgan fingerprint density at radius 3 is 2.74 bits per heavy atom. The van der Waals surface area contributed by atoms with Crippen molar-refractivity contribution in [3.63, 3.8) is 0 Å². The van der Waals surface area contributed by atoms with Gasteiger partial charge in [-0.25, -0.2) is 4.39 Å². The van der Waals surface area contributed by atoms with Crippen LogP contribution in [0.25, 0.3) is 0 Å².